The van der Waals surface area contributed by atoms with Gasteiger partial charge < -0.3 is 10.1 Å². The highest BCUT2D eigenvalue weighted by molar-refractivity contribution is 5.05. The first-order valence-corrected chi connectivity index (χ1v) is 7.71. The molecule has 0 saturated heterocycles. The molecule has 0 amide bonds. The first-order chi connectivity index (χ1) is 8.75. The van der Waals surface area contributed by atoms with E-state index in [-0.39, 0.29) is 0 Å². The molecule has 2 bridgehead atoms. The van der Waals surface area contributed by atoms with Crippen LogP contribution in [0.4, 0.5) is 0 Å². The van der Waals surface area contributed by atoms with E-state index in [1.807, 2.05) is 6.92 Å². The number of ether oxygens (including phenoxy) is 1. The quantitative estimate of drug-likeness (QED) is 0.577. The third-order valence-corrected chi connectivity index (χ3v) is 5.43. The predicted molar refractivity (Wildman–Crippen MR) is 74.5 cm³/mol. The highest BCUT2D eigenvalue weighted by Gasteiger charge is 2.53. The minimum absolute atomic E-state index is 0.711. The molecule has 1 N–H and O–H groups in total. The first-order valence-electron chi connectivity index (χ1n) is 7.71. The zero-order chi connectivity index (χ0) is 12.5. The third-order valence-electron chi connectivity index (χ3n) is 5.43. The van der Waals surface area contributed by atoms with Gasteiger partial charge in [-0.3, -0.25) is 0 Å². The van der Waals surface area contributed by atoms with Crippen LogP contribution in [0.15, 0.2) is 12.2 Å². The van der Waals surface area contributed by atoms with Crippen LogP contribution in [0.2, 0.25) is 0 Å². The summed E-state index contributed by atoms with van der Waals surface area (Å²) in [5.41, 5.74) is 1.11. The summed E-state index contributed by atoms with van der Waals surface area (Å²) in [6, 6.07) is 0.794. The van der Waals surface area contributed by atoms with Crippen molar-refractivity contribution in [1.29, 1.82) is 0 Å². The lowest BCUT2D eigenvalue weighted by Crippen LogP contribution is -2.40. The third kappa shape index (κ3) is 2.37. The van der Waals surface area contributed by atoms with Crippen molar-refractivity contribution in [2.45, 2.75) is 45.1 Å². The molecule has 0 spiro atoms. The van der Waals surface area contributed by atoms with E-state index >= 15 is 0 Å². The summed E-state index contributed by atoms with van der Waals surface area (Å²) in [4.78, 5) is 0. The Balaban J connectivity index is 1.39. The summed E-state index contributed by atoms with van der Waals surface area (Å²) < 4.78 is 5.56. The minimum Gasteiger partial charge on any atom is -0.376 e. The van der Waals surface area contributed by atoms with Gasteiger partial charge in [0.25, 0.3) is 0 Å². The molecule has 0 aromatic rings. The lowest BCUT2D eigenvalue weighted by Gasteiger charge is -2.32. The molecule has 3 aliphatic carbocycles. The molecule has 5 unspecified atom stereocenters. The standard InChI is InChI=1S/C16H27NO/c1-11(2)10-18-7-6-17-16-9-12-8-15(16)14-5-3-4-13(12)14/h12-17H,1,3-10H2,2H3. The van der Waals surface area contributed by atoms with Gasteiger partial charge in [0.2, 0.25) is 0 Å². The Kier molecular flexibility index (Phi) is 3.76. The molecule has 0 heterocycles. The molecule has 18 heavy (non-hydrogen) atoms. The van der Waals surface area contributed by atoms with E-state index in [1.165, 1.54) is 32.1 Å². The monoisotopic (exact) mass is 249 g/mol. The van der Waals surface area contributed by atoms with Gasteiger partial charge in [-0.25, -0.2) is 0 Å². The van der Waals surface area contributed by atoms with Crippen molar-refractivity contribution < 1.29 is 4.74 Å². The van der Waals surface area contributed by atoms with Gasteiger partial charge in [0.15, 0.2) is 0 Å². The van der Waals surface area contributed by atoms with Crippen molar-refractivity contribution in [2.75, 3.05) is 19.8 Å². The maximum atomic E-state index is 5.56. The molecular weight excluding hydrogens is 222 g/mol. The first kappa shape index (κ1) is 12.7. The smallest absolute Gasteiger partial charge is 0.0672 e. The maximum absolute atomic E-state index is 5.56. The summed E-state index contributed by atoms with van der Waals surface area (Å²) in [6.45, 7) is 8.42. The fourth-order valence-electron chi connectivity index (χ4n) is 4.87. The van der Waals surface area contributed by atoms with Gasteiger partial charge in [-0.15, -0.1) is 0 Å². The van der Waals surface area contributed by atoms with E-state index in [4.69, 9.17) is 4.74 Å². The van der Waals surface area contributed by atoms with Crippen molar-refractivity contribution in [2.24, 2.45) is 23.7 Å². The van der Waals surface area contributed by atoms with Crippen molar-refractivity contribution in [1.82, 2.24) is 5.32 Å². The fraction of sp³-hybridized carbons (Fsp3) is 0.875. The summed E-state index contributed by atoms with van der Waals surface area (Å²) in [6.07, 6.45) is 7.49. The Morgan fingerprint density at radius 3 is 2.89 bits per heavy atom. The summed E-state index contributed by atoms with van der Waals surface area (Å²) in [7, 11) is 0. The average Bonchev–Trinajstić information content (AvgIpc) is 2.99. The SMILES string of the molecule is C=C(C)COCCNC1CC2CC1C1CCCC21. The van der Waals surface area contributed by atoms with Gasteiger partial charge in [-0.2, -0.15) is 0 Å². The molecule has 0 aromatic carbocycles. The molecule has 3 rings (SSSR count). The Morgan fingerprint density at radius 2 is 2.06 bits per heavy atom. The minimum atomic E-state index is 0.711. The summed E-state index contributed by atoms with van der Waals surface area (Å²) in [5, 5.41) is 3.74. The van der Waals surface area contributed by atoms with Crippen LogP contribution in [0, 0.1) is 23.7 Å². The lowest BCUT2D eigenvalue weighted by atomic mass is 9.79. The fourth-order valence-corrected chi connectivity index (χ4v) is 4.87. The molecule has 2 nitrogen and oxygen atoms in total. The normalized spacial score (nSPS) is 41.3. The van der Waals surface area contributed by atoms with Crippen molar-refractivity contribution in [3.63, 3.8) is 0 Å². The van der Waals surface area contributed by atoms with Crippen LogP contribution in [0.25, 0.3) is 0 Å². The molecule has 3 aliphatic rings. The maximum Gasteiger partial charge on any atom is 0.0672 e. The van der Waals surface area contributed by atoms with Crippen LogP contribution in [0.5, 0.6) is 0 Å². The second-order valence-electron chi connectivity index (χ2n) is 6.72. The molecule has 102 valence electrons. The van der Waals surface area contributed by atoms with E-state index in [0.717, 1.165) is 48.4 Å². The molecule has 0 radical (unpaired) electrons. The molecule has 3 fully saturated rings. The molecule has 5 atom stereocenters. The Bertz CT molecular complexity index is 314. The number of fused-ring (bicyclic) bond motifs is 5. The summed E-state index contributed by atoms with van der Waals surface area (Å²) in [5.74, 6) is 4.21. The van der Waals surface area contributed by atoms with Gasteiger partial charge >= 0.3 is 0 Å². The van der Waals surface area contributed by atoms with Crippen molar-refractivity contribution in [3.05, 3.63) is 12.2 Å². The Hall–Kier alpha value is -0.340. The lowest BCUT2D eigenvalue weighted by molar-refractivity contribution is 0.144. The average molecular weight is 249 g/mol. The van der Waals surface area contributed by atoms with E-state index in [1.54, 1.807) is 0 Å². The highest BCUT2D eigenvalue weighted by Crippen LogP contribution is 2.58. The molecule has 0 aromatic heterocycles. The second kappa shape index (κ2) is 5.34. The predicted octanol–water partition coefficient (Wildman–Crippen LogP) is 2.99. The number of hydrogen-bond acceptors (Lipinski definition) is 2. The number of hydrogen-bond donors (Lipinski definition) is 1. The van der Waals surface area contributed by atoms with Crippen LogP contribution in [0.1, 0.15) is 39.0 Å². The Morgan fingerprint density at radius 1 is 1.22 bits per heavy atom. The van der Waals surface area contributed by atoms with Crippen LogP contribution in [0.3, 0.4) is 0 Å². The zero-order valence-electron chi connectivity index (χ0n) is 11.7. The van der Waals surface area contributed by atoms with Crippen LogP contribution >= 0.6 is 0 Å². The van der Waals surface area contributed by atoms with Gasteiger partial charge in [-0.05, 0) is 56.3 Å². The molecular formula is C16H27NO. The highest BCUT2D eigenvalue weighted by atomic mass is 16.5. The second-order valence-corrected chi connectivity index (χ2v) is 6.72. The van der Waals surface area contributed by atoms with Gasteiger partial charge in [0, 0.05) is 12.6 Å². The summed E-state index contributed by atoms with van der Waals surface area (Å²) >= 11 is 0. The van der Waals surface area contributed by atoms with E-state index < -0.39 is 0 Å². The van der Waals surface area contributed by atoms with Crippen molar-refractivity contribution >= 4 is 0 Å². The van der Waals surface area contributed by atoms with E-state index in [2.05, 4.69) is 11.9 Å². The topological polar surface area (TPSA) is 21.3 Å². The van der Waals surface area contributed by atoms with E-state index in [9.17, 15) is 0 Å². The van der Waals surface area contributed by atoms with Gasteiger partial charge in [0.1, 0.15) is 0 Å². The number of nitrogens with one attached hydrogen (secondary N) is 1. The molecule has 3 saturated carbocycles. The molecule has 0 aliphatic heterocycles. The molecule has 2 heteroatoms. The van der Waals surface area contributed by atoms with Gasteiger partial charge in [-0.1, -0.05) is 18.6 Å². The van der Waals surface area contributed by atoms with Crippen LogP contribution in [-0.4, -0.2) is 25.8 Å². The van der Waals surface area contributed by atoms with E-state index in [0.29, 0.717) is 6.61 Å². The van der Waals surface area contributed by atoms with Crippen LogP contribution < -0.4 is 5.32 Å². The Labute approximate surface area is 111 Å². The number of rotatable bonds is 6. The largest absolute Gasteiger partial charge is 0.376 e. The van der Waals surface area contributed by atoms with Gasteiger partial charge in [0.05, 0.1) is 13.2 Å². The van der Waals surface area contributed by atoms with Crippen LogP contribution in [-0.2, 0) is 4.74 Å². The zero-order valence-corrected chi connectivity index (χ0v) is 11.7. The van der Waals surface area contributed by atoms with Crippen molar-refractivity contribution in [3.8, 4) is 0 Å².